The summed E-state index contributed by atoms with van der Waals surface area (Å²) < 4.78 is 5.05. The van der Waals surface area contributed by atoms with Crippen LogP contribution in [0, 0.1) is 17.8 Å². The summed E-state index contributed by atoms with van der Waals surface area (Å²) in [5.41, 5.74) is 1.04. The van der Waals surface area contributed by atoms with E-state index in [9.17, 15) is 14.4 Å². The molecule has 0 radical (unpaired) electrons. The Morgan fingerprint density at radius 1 is 1.03 bits per heavy atom. The highest BCUT2D eigenvalue weighted by atomic mass is 32.1. The Bertz CT molecular complexity index is 1000. The van der Waals surface area contributed by atoms with Gasteiger partial charge in [0.2, 0.25) is 0 Å². The van der Waals surface area contributed by atoms with Crippen molar-refractivity contribution in [2.45, 2.75) is 50.6 Å². The topological polar surface area (TPSA) is 109 Å². The maximum Gasteiger partial charge on any atom is 0.358 e. The molecule has 4 aliphatic rings. The van der Waals surface area contributed by atoms with E-state index in [1.807, 2.05) is 30.3 Å². The number of benzene rings is 1. The van der Waals surface area contributed by atoms with Gasteiger partial charge in [-0.25, -0.2) is 14.6 Å². The molecule has 174 valence electrons. The normalized spacial score (nSPS) is 27.1. The number of hydrogen-bond acceptors (Lipinski definition) is 7. The molecule has 1 aromatic heterocycles. The summed E-state index contributed by atoms with van der Waals surface area (Å²) in [6.07, 6.45) is 6.83. The summed E-state index contributed by atoms with van der Waals surface area (Å²) in [7, 11) is 0. The lowest BCUT2D eigenvalue weighted by atomic mass is 9.53. The Morgan fingerprint density at radius 3 is 2.36 bits per heavy atom. The zero-order chi connectivity index (χ0) is 22.8. The highest BCUT2D eigenvalue weighted by Gasteiger charge is 2.51. The number of carbonyl (C=O) groups excluding carboxylic acids is 3. The molecular formula is C24H28N4O4S. The van der Waals surface area contributed by atoms with Crippen molar-refractivity contribution < 1.29 is 19.1 Å². The maximum atomic E-state index is 12.4. The third kappa shape index (κ3) is 5.19. The summed E-state index contributed by atoms with van der Waals surface area (Å²) in [6.45, 7) is 0.0571. The van der Waals surface area contributed by atoms with Crippen LogP contribution in [0.3, 0.4) is 0 Å². The number of carbonyl (C=O) groups is 3. The molecular weight excluding hydrogens is 440 g/mol. The predicted octanol–water partition coefficient (Wildman–Crippen LogP) is 3.71. The van der Waals surface area contributed by atoms with Crippen molar-refractivity contribution >= 4 is 34.4 Å². The monoisotopic (exact) mass is 468 g/mol. The maximum absolute atomic E-state index is 12.4. The Hall–Kier alpha value is -2.94. The molecule has 4 aliphatic carbocycles. The molecule has 0 unspecified atom stereocenters. The van der Waals surface area contributed by atoms with E-state index in [1.165, 1.54) is 30.6 Å². The standard InChI is InChI=1S/C24H28N4O4S/c29-20(27-22(31)28-24-9-16-6-17(10-24)8-18(7-16)11-24)13-32-21(30)19-14-33-23(26-19)25-12-15-4-2-1-3-5-15/h1-5,14,16-18H,6-13H2,(H,25,26)(H2,27,28,29,31). The van der Waals surface area contributed by atoms with Crippen molar-refractivity contribution in [1.82, 2.24) is 15.6 Å². The molecule has 1 heterocycles. The summed E-state index contributed by atoms with van der Waals surface area (Å²) in [5.74, 6) is 0.731. The van der Waals surface area contributed by atoms with E-state index in [2.05, 4.69) is 20.9 Å². The number of imide groups is 1. The van der Waals surface area contributed by atoms with Gasteiger partial charge >= 0.3 is 12.0 Å². The lowest BCUT2D eigenvalue weighted by molar-refractivity contribution is -0.123. The molecule has 4 saturated carbocycles. The molecule has 0 atom stereocenters. The SMILES string of the molecule is O=C(COC(=O)c1csc(NCc2ccccc2)n1)NC(=O)NC12CC3CC(CC(C3)C1)C2. The molecule has 3 N–H and O–H groups in total. The number of thiazole rings is 1. The van der Waals surface area contributed by atoms with E-state index < -0.39 is 24.5 Å². The van der Waals surface area contributed by atoms with E-state index >= 15 is 0 Å². The second kappa shape index (κ2) is 9.13. The number of nitrogens with zero attached hydrogens (tertiary/aromatic N) is 1. The van der Waals surface area contributed by atoms with Crippen LogP contribution in [0.2, 0.25) is 0 Å². The first-order valence-corrected chi connectivity index (χ1v) is 12.4. The van der Waals surface area contributed by atoms with Gasteiger partial charge in [-0.15, -0.1) is 11.3 Å². The van der Waals surface area contributed by atoms with Crippen LogP contribution in [0.5, 0.6) is 0 Å². The van der Waals surface area contributed by atoms with Crippen LogP contribution in [-0.4, -0.2) is 35.0 Å². The number of hydrogen-bond donors (Lipinski definition) is 3. The van der Waals surface area contributed by atoms with Crippen LogP contribution in [0.1, 0.15) is 54.6 Å². The van der Waals surface area contributed by atoms with Gasteiger partial charge in [0, 0.05) is 17.5 Å². The van der Waals surface area contributed by atoms with Gasteiger partial charge in [0.05, 0.1) is 0 Å². The number of rotatable bonds is 7. The van der Waals surface area contributed by atoms with Crippen LogP contribution in [0.25, 0.3) is 0 Å². The first kappa shape index (κ1) is 21.9. The summed E-state index contributed by atoms with van der Waals surface area (Å²) >= 11 is 1.29. The number of amides is 3. The molecule has 0 spiro atoms. The van der Waals surface area contributed by atoms with Gasteiger partial charge in [-0.05, 0) is 61.8 Å². The second-order valence-corrected chi connectivity index (χ2v) is 10.5. The first-order valence-electron chi connectivity index (χ1n) is 11.5. The van der Waals surface area contributed by atoms with Gasteiger partial charge < -0.3 is 15.4 Å². The van der Waals surface area contributed by atoms with E-state index in [0.29, 0.717) is 29.4 Å². The average Bonchev–Trinajstić information content (AvgIpc) is 3.24. The van der Waals surface area contributed by atoms with Gasteiger partial charge in [0.1, 0.15) is 0 Å². The third-order valence-electron chi connectivity index (χ3n) is 7.00. The predicted molar refractivity (Wildman–Crippen MR) is 124 cm³/mol. The molecule has 0 saturated heterocycles. The lowest BCUT2D eigenvalue weighted by Gasteiger charge is -2.56. The molecule has 4 fully saturated rings. The minimum Gasteiger partial charge on any atom is -0.451 e. The van der Waals surface area contributed by atoms with Gasteiger partial charge in [-0.2, -0.15) is 0 Å². The number of anilines is 1. The van der Waals surface area contributed by atoms with Crippen molar-refractivity contribution in [2.24, 2.45) is 17.8 Å². The van der Waals surface area contributed by atoms with Gasteiger partial charge in [0.25, 0.3) is 5.91 Å². The Labute approximate surface area is 196 Å². The number of aromatic nitrogens is 1. The molecule has 6 rings (SSSR count). The molecule has 2 aromatic rings. The molecule has 1 aromatic carbocycles. The molecule has 8 nitrogen and oxygen atoms in total. The fourth-order valence-corrected chi connectivity index (χ4v) is 6.80. The average molecular weight is 469 g/mol. The third-order valence-corrected chi connectivity index (χ3v) is 7.80. The molecule has 0 aliphatic heterocycles. The van der Waals surface area contributed by atoms with Crippen LogP contribution in [-0.2, 0) is 16.1 Å². The van der Waals surface area contributed by atoms with Gasteiger partial charge in [-0.3, -0.25) is 10.1 Å². The number of esters is 1. The quantitative estimate of drug-likeness (QED) is 0.535. The highest BCUT2D eigenvalue weighted by molar-refractivity contribution is 7.13. The number of ether oxygens (including phenoxy) is 1. The molecule has 9 heteroatoms. The minimum absolute atomic E-state index is 0.126. The smallest absolute Gasteiger partial charge is 0.358 e. The zero-order valence-corrected chi connectivity index (χ0v) is 19.2. The summed E-state index contributed by atoms with van der Waals surface area (Å²) in [6, 6.07) is 9.34. The van der Waals surface area contributed by atoms with E-state index in [-0.39, 0.29) is 11.2 Å². The number of nitrogens with one attached hydrogen (secondary N) is 3. The summed E-state index contributed by atoms with van der Waals surface area (Å²) in [5, 5.41) is 10.7. The second-order valence-electron chi connectivity index (χ2n) is 9.65. The van der Waals surface area contributed by atoms with Gasteiger partial charge in [0.15, 0.2) is 17.4 Å². The lowest BCUT2D eigenvalue weighted by Crippen LogP contribution is -2.62. The van der Waals surface area contributed by atoms with Crippen LogP contribution in [0.15, 0.2) is 35.7 Å². The van der Waals surface area contributed by atoms with Crippen LogP contribution < -0.4 is 16.0 Å². The fraction of sp³-hybridized carbons (Fsp3) is 0.500. The van der Waals surface area contributed by atoms with Gasteiger partial charge in [-0.1, -0.05) is 30.3 Å². The Balaban J connectivity index is 1.06. The Kier molecular flexibility index (Phi) is 6.05. The largest absolute Gasteiger partial charge is 0.451 e. The molecule has 33 heavy (non-hydrogen) atoms. The van der Waals surface area contributed by atoms with E-state index in [4.69, 9.17) is 4.74 Å². The van der Waals surface area contributed by atoms with Crippen LogP contribution in [0.4, 0.5) is 9.93 Å². The van der Waals surface area contributed by atoms with Crippen molar-refractivity contribution in [1.29, 1.82) is 0 Å². The number of urea groups is 1. The fourth-order valence-electron chi connectivity index (χ4n) is 6.13. The molecule has 3 amide bonds. The van der Waals surface area contributed by atoms with E-state index in [1.54, 1.807) is 5.38 Å². The van der Waals surface area contributed by atoms with E-state index in [0.717, 1.165) is 24.8 Å². The Morgan fingerprint density at radius 2 is 1.70 bits per heavy atom. The first-order chi connectivity index (χ1) is 16.0. The van der Waals surface area contributed by atoms with Crippen molar-refractivity contribution in [3.8, 4) is 0 Å². The molecule has 4 bridgehead atoms. The van der Waals surface area contributed by atoms with Crippen molar-refractivity contribution in [3.63, 3.8) is 0 Å². The van der Waals surface area contributed by atoms with Crippen LogP contribution >= 0.6 is 11.3 Å². The summed E-state index contributed by atoms with van der Waals surface area (Å²) in [4.78, 5) is 41.0. The van der Waals surface area contributed by atoms with Crippen molar-refractivity contribution in [2.75, 3.05) is 11.9 Å². The highest BCUT2D eigenvalue weighted by Crippen LogP contribution is 2.55. The van der Waals surface area contributed by atoms with Crippen molar-refractivity contribution in [3.05, 3.63) is 47.0 Å². The minimum atomic E-state index is -0.698. The zero-order valence-electron chi connectivity index (χ0n) is 18.3.